The fraction of sp³-hybridized carbons (Fsp3) is 0.391. The molecule has 2 aromatic carbocycles. The van der Waals surface area contributed by atoms with Crippen LogP contribution in [0.3, 0.4) is 0 Å². The van der Waals surface area contributed by atoms with Gasteiger partial charge in [0.2, 0.25) is 0 Å². The lowest BCUT2D eigenvalue weighted by atomic mass is 10.1. The predicted octanol–water partition coefficient (Wildman–Crippen LogP) is 4.65. The number of hydrogen-bond donors (Lipinski definition) is 1. The Labute approximate surface area is 178 Å². The minimum absolute atomic E-state index is 0.465. The number of amidine groups is 1. The number of hydrogen-bond acceptors (Lipinski definition) is 5. The van der Waals surface area contributed by atoms with Gasteiger partial charge in [-0.3, -0.25) is 4.90 Å². The third-order valence-electron chi connectivity index (χ3n) is 5.03. The summed E-state index contributed by atoms with van der Waals surface area (Å²) in [6, 6.07) is 16.3. The van der Waals surface area contributed by atoms with E-state index in [1.165, 1.54) is 48.6 Å². The van der Waals surface area contributed by atoms with E-state index in [4.69, 9.17) is 10.5 Å². The summed E-state index contributed by atoms with van der Waals surface area (Å²) < 4.78 is 5.43. The third-order valence-corrected chi connectivity index (χ3v) is 5.88. The zero-order valence-corrected chi connectivity index (χ0v) is 17.9. The van der Waals surface area contributed by atoms with Gasteiger partial charge in [0.15, 0.2) is 5.17 Å². The Morgan fingerprint density at radius 2 is 1.86 bits per heavy atom. The molecule has 0 spiro atoms. The van der Waals surface area contributed by atoms with Gasteiger partial charge in [-0.05, 0) is 60.8 Å². The summed E-state index contributed by atoms with van der Waals surface area (Å²) in [4.78, 5) is 2.52. The van der Waals surface area contributed by atoms with Crippen LogP contribution in [0.5, 0.6) is 5.75 Å². The van der Waals surface area contributed by atoms with Crippen molar-refractivity contribution >= 4 is 23.1 Å². The van der Waals surface area contributed by atoms with Gasteiger partial charge in [-0.2, -0.15) is 5.10 Å². The molecular weight excluding hydrogens is 380 g/mol. The molecule has 29 heavy (non-hydrogen) atoms. The third kappa shape index (κ3) is 7.22. The van der Waals surface area contributed by atoms with Gasteiger partial charge in [-0.25, -0.2) is 0 Å². The maximum absolute atomic E-state index is 6.01. The van der Waals surface area contributed by atoms with Gasteiger partial charge in [0.05, 0.1) is 13.3 Å². The smallest absolute Gasteiger partial charge is 0.180 e. The largest absolute Gasteiger partial charge is 0.497 e. The summed E-state index contributed by atoms with van der Waals surface area (Å²) >= 11 is 1.49. The summed E-state index contributed by atoms with van der Waals surface area (Å²) in [5.41, 5.74) is 9.49. The zero-order valence-electron chi connectivity index (χ0n) is 17.1. The number of nitrogens with two attached hydrogens (primary N) is 1. The second-order valence-electron chi connectivity index (χ2n) is 7.21. The molecule has 1 heterocycles. The first-order valence-corrected chi connectivity index (χ1v) is 11.2. The van der Waals surface area contributed by atoms with Crippen molar-refractivity contribution in [2.45, 2.75) is 38.0 Å². The number of thioether (sulfide) groups is 1. The second-order valence-corrected chi connectivity index (χ2v) is 8.21. The maximum atomic E-state index is 6.01. The van der Waals surface area contributed by atoms with Crippen molar-refractivity contribution in [2.75, 3.05) is 20.2 Å². The number of ether oxygens (including phenoxy) is 1. The number of benzene rings is 2. The van der Waals surface area contributed by atoms with Gasteiger partial charge < -0.3 is 10.5 Å². The van der Waals surface area contributed by atoms with E-state index >= 15 is 0 Å². The van der Waals surface area contributed by atoms with Crippen LogP contribution in [0, 0.1) is 0 Å². The number of rotatable bonds is 7. The highest BCUT2D eigenvalue weighted by atomic mass is 32.2. The minimum atomic E-state index is 0.465. The molecule has 3 rings (SSSR count). The van der Waals surface area contributed by atoms with Crippen LogP contribution in [0.15, 0.2) is 58.7 Å². The van der Waals surface area contributed by atoms with E-state index < -0.39 is 0 Å². The van der Waals surface area contributed by atoms with Gasteiger partial charge in [-0.15, -0.1) is 5.10 Å². The van der Waals surface area contributed by atoms with E-state index in [2.05, 4.69) is 33.3 Å². The molecule has 154 valence electrons. The Hall–Kier alpha value is -2.31. The molecule has 2 N–H and O–H groups in total. The van der Waals surface area contributed by atoms with Gasteiger partial charge in [0.1, 0.15) is 5.75 Å². The second kappa shape index (κ2) is 11.6. The molecule has 0 amide bonds. The monoisotopic (exact) mass is 410 g/mol. The standard InChI is InChI=1S/C23H30N4OS/c1-28-22-12-11-20(21(15-22)17-27-13-7-2-3-8-14-27)16-25-26-23(24)29-18-19-9-5-4-6-10-19/h4-6,9-12,15-16H,2-3,7-8,13-14,17-18H2,1H3,(H2,24,26). The average molecular weight is 411 g/mol. The molecule has 0 saturated carbocycles. The lowest BCUT2D eigenvalue weighted by Gasteiger charge is -2.21. The van der Waals surface area contributed by atoms with E-state index in [9.17, 15) is 0 Å². The average Bonchev–Trinajstić information content (AvgIpc) is 3.02. The predicted molar refractivity (Wildman–Crippen MR) is 124 cm³/mol. The lowest BCUT2D eigenvalue weighted by molar-refractivity contribution is 0.276. The Bertz CT molecular complexity index is 815. The first kappa shape index (κ1) is 21.4. The normalized spacial score (nSPS) is 16.1. The van der Waals surface area contributed by atoms with Crippen LogP contribution >= 0.6 is 11.8 Å². The van der Waals surface area contributed by atoms with Crippen molar-refractivity contribution in [3.8, 4) is 5.75 Å². The molecule has 1 fully saturated rings. The Morgan fingerprint density at radius 1 is 1.10 bits per heavy atom. The number of methoxy groups -OCH3 is 1. The molecule has 0 atom stereocenters. The molecule has 2 aromatic rings. The van der Waals surface area contributed by atoms with Crippen LogP contribution in [-0.2, 0) is 12.3 Å². The van der Waals surface area contributed by atoms with E-state index in [-0.39, 0.29) is 0 Å². The van der Waals surface area contributed by atoms with Gasteiger partial charge in [-0.1, -0.05) is 54.9 Å². The summed E-state index contributed by atoms with van der Waals surface area (Å²) in [5, 5.41) is 8.87. The highest BCUT2D eigenvalue weighted by Gasteiger charge is 2.12. The highest BCUT2D eigenvalue weighted by molar-refractivity contribution is 8.13. The van der Waals surface area contributed by atoms with E-state index in [0.29, 0.717) is 5.17 Å². The molecule has 0 aliphatic carbocycles. The van der Waals surface area contributed by atoms with Crippen LogP contribution in [0.1, 0.15) is 42.4 Å². The molecule has 0 bridgehead atoms. The first-order chi connectivity index (χ1) is 14.2. The van der Waals surface area contributed by atoms with E-state index in [1.54, 1.807) is 13.3 Å². The van der Waals surface area contributed by atoms with Gasteiger partial charge in [0, 0.05) is 12.3 Å². The van der Waals surface area contributed by atoms with Crippen molar-refractivity contribution in [3.05, 3.63) is 65.2 Å². The fourth-order valence-electron chi connectivity index (χ4n) is 3.42. The van der Waals surface area contributed by atoms with Crippen LogP contribution in [0.4, 0.5) is 0 Å². The van der Waals surface area contributed by atoms with Crippen molar-refractivity contribution < 1.29 is 4.74 Å². The van der Waals surface area contributed by atoms with Crippen molar-refractivity contribution in [3.63, 3.8) is 0 Å². The zero-order chi connectivity index (χ0) is 20.3. The number of nitrogens with zero attached hydrogens (tertiary/aromatic N) is 3. The van der Waals surface area contributed by atoms with Crippen molar-refractivity contribution in [1.82, 2.24) is 4.90 Å². The fourth-order valence-corrected chi connectivity index (χ4v) is 4.03. The molecule has 5 nitrogen and oxygen atoms in total. The van der Waals surface area contributed by atoms with Crippen LogP contribution in [0.25, 0.3) is 0 Å². The van der Waals surface area contributed by atoms with Crippen LogP contribution in [0.2, 0.25) is 0 Å². The van der Waals surface area contributed by atoms with Crippen molar-refractivity contribution in [2.24, 2.45) is 15.9 Å². The minimum Gasteiger partial charge on any atom is -0.497 e. The Morgan fingerprint density at radius 3 is 2.59 bits per heavy atom. The van der Waals surface area contributed by atoms with E-state index in [1.807, 2.05) is 30.3 Å². The van der Waals surface area contributed by atoms with Crippen LogP contribution in [-0.4, -0.2) is 36.5 Å². The summed E-state index contributed by atoms with van der Waals surface area (Å²) in [6.45, 7) is 3.20. The lowest BCUT2D eigenvalue weighted by Crippen LogP contribution is -2.24. The summed E-state index contributed by atoms with van der Waals surface area (Å²) in [6.07, 6.45) is 7.00. The number of likely N-dealkylation sites (tertiary alicyclic amines) is 1. The quantitative estimate of drug-likeness (QED) is 0.410. The Balaban J connectivity index is 1.65. The molecule has 0 unspecified atom stereocenters. The van der Waals surface area contributed by atoms with Gasteiger partial charge in [0.25, 0.3) is 0 Å². The van der Waals surface area contributed by atoms with Crippen molar-refractivity contribution in [1.29, 1.82) is 0 Å². The SMILES string of the molecule is COc1ccc(C=NN=C(N)SCc2ccccc2)c(CN2CCCCCC2)c1. The molecular formula is C23H30N4OS. The Kier molecular flexibility index (Phi) is 8.58. The first-order valence-electron chi connectivity index (χ1n) is 10.2. The topological polar surface area (TPSA) is 63.2 Å². The summed E-state index contributed by atoms with van der Waals surface area (Å²) in [5.74, 6) is 1.66. The maximum Gasteiger partial charge on any atom is 0.180 e. The molecule has 6 heteroatoms. The van der Waals surface area contributed by atoms with Crippen LogP contribution < -0.4 is 10.5 Å². The molecule has 0 radical (unpaired) electrons. The molecule has 1 saturated heterocycles. The summed E-state index contributed by atoms with van der Waals surface area (Å²) in [7, 11) is 1.70. The van der Waals surface area contributed by atoms with E-state index in [0.717, 1.165) is 36.7 Å². The molecule has 1 aliphatic rings. The highest BCUT2D eigenvalue weighted by Crippen LogP contribution is 2.20. The molecule has 1 aliphatic heterocycles. The van der Waals surface area contributed by atoms with Gasteiger partial charge >= 0.3 is 0 Å². The molecule has 0 aromatic heterocycles.